The minimum absolute atomic E-state index is 0.0169. The van der Waals surface area contributed by atoms with E-state index in [2.05, 4.69) is 29.1 Å². The topological polar surface area (TPSA) is 47.0 Å². The Morgan fingerprint density at radius 2 is 1.94 bits per heavy atom. The maximum absolute atomic E-state index is 5.36. The van der Waals surface area contributed by atoms with Crippen LogP contribution in [0.4, 0.5) is 5.82 Å². The predicted octanol–water partition coefficient (Wildman–Crippen LogP) is 2.62. The third-order valence-corrected chi connectivity index (χ3v) is 2.69. The predicted molar refractivity (Wildman–Crippen MR) is 65.7 cm³/mol. The summed E-state index contributed by atoms with van der Waals surface area (Å²) in [5, 5.41) is 3.25. The van der Waals surface area contributed by atoms with Crippen molar-refractivity contribution in [1.82, 2.24) is 9.97 Å². The lowest BCUT2D eigenvalue weighted by Crippen LogP contribution is -2.12. The molecule has 0 aliphatic rings. The number of methoxy groups -OCH3 is 1. The Balaban J connectivity index is 3.12. The number of rotatable bonds is 5. The zero-order valence-electron chi connectivity index (χ0n) is 10.8. The Kier molecular flexibility index (Phi) is 4.68. The molecule has 0 aromatic carbocycles. The van der Waals surface area contributed by atoms with Crippen molar-refractivity contribution in [2.24, 2.45) is 0 Å². The number of aromatic nitrogens is 2. The van der Waals surface area contributed by atoms with E-state index in [-0.39, 0.29) is 6.10 Å². The van der Waals surface area contributed by atoms with Crippen LogP contribution in [-0.4, -0.2) is 23.6 Å². The quantitative estimate of drug-likeness (QED) is 0.833. The maximum atomic E-state index is 5.36. The molecule has 0 bridgehead atoms. The lowest BCUT2D eigenvalue weighted by atomic mass is 10.2. The maximum Gasteiger partial charge on any atom is 0.159 e. The van der Waals surface area contributed by atoms with E-state index in [1.807, 2.05) is 13.8 Å². The van der Waals surface area contributed by atoms with Crippen LogP contribution in [0.1, 0.15) is 43.5 Å². The van der Waals surface area contributed by atoms with Gasteiger partial charge >= 0.3 is 0 Å². The van der Waals surface area contributed by atoms with Crippen molar-refractivity contribution in [3.05, 3.63) is 17.1 Å². The van der Waals surface area contributed by atoms with Crippen molar-refractivity contribution in [3.63, 3.8) is 0 Å². The molecule has 90 valence electrons. The van der Waals surface area contributed by atoms with Gasteiger partial charge in [0.1, 0.15) is 11.9 Å². The number of ether oxygens (including phenoxy) is 1. The number of hydrogen-bond acceptors (Lipinski definition) is 4. The zero-order valence-corrected chi connectivity index (χ0v) is 10.8. The highest BCUT2D eigenvalue weighted by Crippen LogP contribution is 2.21. The minimum Gasteiger partial charge on any atom is -0.373 e. The summed E-state index contributed by atoms with van der Waals surface area (Å²) in [6, 6.07) is 0. The number of nitrogens with zero attached hydrogens (tertiary/aromatic N) is 2. The largest absolute Gasteiger partial charge is 0.373 e. The molecule has 1 N–H and O–H groups in total. The van der Waals surface area contributed by atoms with Crippen LogP contribution in [0.5, 0.6) is 0 Å². The van der Waals surface area contributed by atoms with Gasteiger partial charge in [0.2, 0.25) is 0 Å². The summed E-state index contributed by atoms with van der Waals surface area (Å²) in [6.07, 6.45) is 0.863. The van der Waals surface area contributed by atoms with E-state index in [9.17, 15) is 0 Å². The van der Waals surface area contributed by atoms with Crippen LogP contribution in [0.25, 0.3) is 0 Å². The molecule has 0 radical (unpaired) electrons. The molecule has 1 rings (SSSR count). The molecule has 0 aliphatic carbocycles. The van der Waals surface area contributed by atoms with Crippen molar-refractivity contribution in [2.45, 2.75) is 40.2 Å². The van der Waals surface area contributed by atoms with Gasteiger partial charge < -0.3 is 10.1 Å². The van der Waals surface area contributed by atoms with Crippen LogP contribution in [0.15, 0.2) is 0 Å². The molecule has 0 amide bonds. The van der Waals surface area contributed by atoms with E-state index < -0.39 is 0 Å². The van der Waals surface area contributed by atoms with E-state index in [1.54, 1.807) is 7.11 Å². The second kappa shape index (κ2) is 5.80. The van der Waals surface area contributed by atoms with Gasteiger partial charge in [-0.05, 0) is 27.2 Å². The molecule has 0 saturated heterocycles. The molecular formula is C12H21N3O. The van der Waals surface area contributed by atoms with Crippen LogP contribution >= 0.6 is 0 Å². The Bertz CT molecular complexity index is 348. The number of nitrogens with one attached hydrogen (secondary N) is 1. The highest BCUT2D eigenvalue weighted by atomic mass is 16.5. The molecule has 4 nitrogen and oxygen atoms in total. The first-order valence-electron chi connectivity index (χ1n) is 5.75. The molecular weight excluding hydrogens is 202 g/mol. The first-order valence-corrected chi connectivity index (χ1v) is 5.75. The highest BCUT2D eigenvalue weighted by molar-refractivity contribution is 5.45. The van der Waals surface area contributed by atoms with E-state index in [1.165, 1.54) is 0 Å². The Morgan fingerprint density at radius 1 is 1.25 bits per heavy atom. The molecule has 1 aromatic heterocycles. The smallest absolute Gasteiger partial charge is 0.159 e. The first kappa shape index (κ1) is 12.9. The molecule has 1 heterocycles. The van der Waals surface area contributed by atoms with Gasteiger partial charge in [-0.15, -0.1) is 0 Å². The lowest BCUT2D eigenvalue weighted by Gasteiger charge is -2.15. The van der Waals surface area contributed by atoms with Crippen molar-refractivity contribution in [2.75, 3.05) is 19.0 Å². The summed E-state index contributed by atoms with van der Waals surface area (Å²) in [7, 11) is 1.69. The summed E-state index contributed by atoms with van der Waals surface area (Å²) in [5.41, 5.74) is 2.12. The van der Waals surface area contributed by atoms with Crippen molar-refractivity contribution < 1.29 is 4.74 Å². The van der Waals surface area contributed by atoms with Crippen LogP contribution in [0, 0.1) is 13.8 Å². The fraction of sp³-hybridized carbons (Fsp3) is 0.667. The van der Waals surface area contributed by atoms with Crippen molar-refractivity contribution in [3.8, 4) is 0 Å². The SMILES string of the molecule is CCNc1nc(C(CC)OC)nc(C)c1C. The average Bonchev–Trinajstić information content (AvgIpc) is 2.27. The molecule has 1 atom stereocenters. The van der Waals surface area contributed by atoms with Gasteiger partial charge in [-0.3, -0.25) is 0 Å². The van der Waals surface area contributed by atoms with E-state index >= 15 is 0 Å². The van der Waals surface area contributed by atoms with Gasteiger partial charge in [0.25, 0.3) is 0 Å². The Morgan fingerprint density at radius 3 is 2.44 bits per heavy atom. The number of anilines is 1. The van der Waals surface area contributed by atoms with Crippen molar-refractivity contribution >= 4 is 5.82 Å². The summed E-state index contributed by atoms with van der Waals surface area (Å²) in [4.78, 5) is 9.00. The summed E-state index contributed by atoms with van der Waals surface area (Å²) >= 11 is 0. The van der Waals surface area contributed by atoms with Gasteiger partial charge in [-0.1, -0.05) is 6.92 Å². The molecule has 0 fully saturated rings. The van der Waals surface area contributed by atoms with Crippen LogP contribution in [-0.2, 0) is 4.74 Å². The highest BCUT2D eigenvalue weighted by Gasteiger charge is 2.14. The second-order valence-electron chi connectivity index (χ2n) is 3.80. The second-order valence-corrected chi connectivity index (χ2v) is 3.80. The Labute approximate surface area is 97.5 Å². The summed E-state index contributed by atoms with van der Waals surface area (Å²) in [5.74, 6) is 1.68. The lowest BCUT2D eigenvalue weighted by molar-refractivity contribution is 0.0925. The van der Waals surface area contributed by atoms with Gasteiger partial charge in [0.05, 0.1) is 0 Å². The summed E-state index contributed by atoms with van der Waals surface area (Å²) in [6.45, 7) is 9.03. The third-order valence-electron chi connectivity index (χ3n) is 2.69. The van der Waals surface area contributed by atoms with Gasteiger partial charge in [-0.25, -0.2) is 9.97 Å². The first-order chi connectivity index (χ1) is 7.63. The molecule has 0 aliphatic heterocycles. The molecule has 0 saturated carbocycles. The molecule has 0 spiro atoms. The van der Waals surface area contributed by atoms with Crippen LogP contribution < -0.4 is 5.32 Å². The Hall–Kier alpha value is -1.16. The minimum atomic E-state index is -0.0169. The molecule has 4 heteroatoms. The number of aryl methyl sites for hydroxylation is 1. The van der Waals surface area contributed by atoms with Crippen LogP contribution in [0.3, 0.4) is 0 Å². The van der Waals surface area contributed by atoms with E-state index in [0.717, 1.165) is 35.9 Å². The normalized spacial score (nSPS) is 12.6. The molecule has 16 heavy (non-hydrogen) atoms. The summed E-state index contributed by atoms with van der Waals surface area (Å²) < 4.78 is 5.36. The molecule has 1 unspecified atom stereocenters. The van der Waals surface area contributed by atoms with E-state index in [4.69, 9.17) is 4.74 Å². The monoisotopic (exact) mass is 223 g/mol. The zero-order chi connectivity index (χ0) is 12.1. The number of hydrogen-bond donors (Lipinski definition) is 1. The van der Waals surface area contributed by atoms with Crippen LogP contribution in [0.2, 0.25) is 0 Å². The van der Waals surface area contributed by atoms with Gasteiger partial charge in [0, 0.05) is 24.9 Å². The van der Waals surface area contributed by atoms with Gasteiger partial charge in [0.15, 0.2) is 5.82 Å². The fourth-order valence-corrected chi connectivity index (χ4v) is 1.59. The fourth-order valence-electron chi connectivity index (χ4n) is 1.59. The van der Waals surface area contributed by atoms with Crippen molar-refractivity contribution in [1.29, 1.82) is 0 Å². The third kappa shape index (κ3) is 2.70. The molecule has 1 aromatic rings. The average molecular weight is 223 g/mol. The standard InChI is InChI=1S/C12H21N3O/c1-6-10(16-5)12-14-9(4)8(3)11(15-12)13-7-2/h10H,6-7H2,1-5H3,(H,13,14,15). The van der Waals surface area contributed by atoms with Gasteiger partial charge in [-0.2, -0.15) is 0 Å². The van der Waals surface area contributed by atoms with E-state index in [0.29, 0.717) is 0 Å².